The Morgan fingerprint density at radius 1 is 1.29 bits per heavy atom. The number of alkyl halides is 5. The summed E-state index contributed by atoms with van der Waals surface area (Å²) >= 11 is 5.84. The highest BCUT2D eigenvalue weighted by atomic mass is 35.5. The Labute approximate surface area is 176 Å². The highest BCUT2D eigenvalue weighted by molar-refractivity contribution is 6.29. The molecule has 4 rings (SSSR count). The van der Waals surface area contributed by atoms with Crippen molar-refractivity contribution in [3.05, 3.63) is 40.6 Å². The minimum Gasteiger partial charge on any atom is -0.306 e. The van der Waals surface area contributed by atoms with E-state index in [-0.39, 0.29) is 33.6 Å². The van der Waals surface area contributed by atoms with Crippen molar-refractivity contribution in [2.24, 2.45) is 0 Å². The number of amides is 2. The molecule has 0 aliphatic carbocycles. The molecule has 31 heavy (non-hydrogen) atoms. The molecule has 0 spiro atoms. The van der Waals surface area contributed by atoms with E-state index in [0.29, 0.717) is 0 Å². The van der Waals surface area contributed by atoms with Gasteiger partial charge in [-0.3, -0.25) is 4.90 Å². The number of aromatic nitrogens is 5. The quantitative estimate of drug-likeness (QED) is 0.575. The van der Waals surface area contributed by atoms with Crippen LogP contribution in [0.25, 0.3) is 5.65 Å². The summed E-state index contributed by atoms with van der Waals surface area (Å²) in [5.74, 6) is 0. The van der Waals surface area contributed by atoms with Crippen molar-refractivity contribution in [2.75, 3.05) is 16.8 Å². The molecule has 0 fully saturated rings. The van der Waals surface area contributed by atoms with Gasteiger partial charge < -0.3 is 5.32 Å². The van der Waals surface area contributed by atoms with E-state index in [1.807, 2.05) is 0 Å². The number of aryl methyl sites for hydroxylation is 1. The van der Waals surface area contributed by atoms with Crippen LogP contribution in [0, 0.1) is 6.92 Å². The van der Waals surface area contributed by atoms with Crippen molar-refractivity contribution >= 4 is 34.7 Å². The van der Waals surface area contributed by atoms with Crippen LogP contribution in [0.1, 0.15) is 30.4 Å². The largest absolute Gasteiger partial charge is 0.401 e. The van der Waals surface area contributed by atoms with Crippen molar-refractivity contribution in [2.45, 2.75) is 31.9 Å². The second-order valence-corrected chi connectivity index (χ2v) is 7.53. The molecule has 0 bridgehead atoms. The third-order valence-corrected chi connectivity index (χ3v) is 5.24. The first kappa shape index (κ1) is 21.2. The zero-order valence-corrected chi connectivity index (χ0v) is 16.6. The predicted octanol–water partition coefficient (Wildman–Crippen LogP) is 4.29. The Morgan fingerprint density at radius 3 is 2.65 bits per heavy atom. The average molecular weight is 462 g/mol. The topological polar surface area (TPSA) is 88.3 Å². The van der Waals surface area contributed by atoms with Gasteiger partial charge in [0.05, 0.1) is 29.0 Å². The van der Waals surface area contributed by atoms with Crippen LogP contribution in [0.15, 0.2) is 18.3 Å². The number of carbonyl (C=O) groups is 1. The average Bonchev–Trinajstić information content (AvgIpc) is 3.20. The van der Waals surface area contributed by atoms with Gasteiger partial charge in [0.15, 0.2) is 10.8 Å². The minimum absolute atomic E-state index is 0.0636. The van der Waals surface area contributed by atoms with Crippen LogP contribution in [0.5, 0.6) is 0 Å². The van der Waals surface area contributed by atoms with Gasteiger partial charge in [0, 0.05) is 12.6 Å². The summed E-state index contributed by atoms with van der Waals surface area (Å²) < 4.78 is 69.0. The third-order valence-electron chi connectivity index (χ3n) is 5.06. The number of hydrogen-bond acceptors (Lipinski definition) is 5. The summed E-state index contributed by atoms with van der Waals surface area (Å²) in [5, 5.41) is 13.0. The van der Waals surface area contributed by atoms with Gasteiger partial charge in [0.25, 0.3) is 6.43 Å². The summed E-state index contributed by atoms with van der Waals surface area (Å²) in [4.78, 5) is 17.7. The minimum atomic E-state index is -4.75. The summed E-state index contributed by atoms with van der Waals surface area (Å²) in [6, 6.07) is 1.23. The Morgan fingerprint density at radius 2 is 2.00 bits per heavy atom. The third kappa shape index (κ3) is 3.32. The number of fused-ring (bicyclic) bond motifs is 3. The first-order chi connectivity index (χ1) is 14.4. The second-order valence-electron chi connectivity index (χ2n) is 7.14. The molecule has 1 aliphatic heterocycles. The lowest BCUT2D eigenvalue weighted by Gasteiger charge is -2.28. The molecule has 0 unspecified atom stereocenters. The van der Waals surface area contributed by atoms with E-state index in [1.54, 1.807) is 0 Å². The first-order valence-electron chi connectivity index (χ1n) is 8.75. The lowest BCUT2D eigenvalue weighted by atomic mass is 9.88. The Bertz CT molecular complexity index is 1200. The molecule has 4 heterocycles. The molecule has 2 amide bonds. The van der Waals surface area contributed by atoms with E-state index >= 15 is 0 Å². The molecule has 14 heteroatoms. The lowest BCUT2D eigenvalue weighted by Crippen LogP contribution is -2.46. The molecule has 1 N–H and O–H groups in total. The van der Waals surface area contributed by atoms with Gasteiger partial charge in [-0.05, 0) is 19.9 Å². The summed E-state index contributed by atoms with van der Waals surface area (Å²) in [6.45, 7) is 1.56. The zero-order chi connectivity index (χ0) is 22.7. The highest BCUT2D eigenvalue weighted by Gasteiger charge is 2.60. The van der Waals surface area contributed by atoms with Gasteiger partial charge in [0.2, 0.25) is 0 Å². The van der Waals surface area contributed by atoms with E-state index in [0.717, 1.165) is 28.6 Å². The fraction of sp³-hybridized carbons (Fsp3) is 0.353. The van der Waals surface area contributed by atoms with Crippen LogP contribution >= 0.6 is 11.6 Å². The predicted molar refractivity (Wildman–Crippen MR) is 99.5 cm³/mol. The van der Waals surface area contributed by atoms with Crippen molar-refractivity contribution in [1.29, 1.82) is 0 Å². The fourth-order valence-electron chi connectivity index (χ4n) is 3.38. The van der Waals surface area contributed by atoms with Crippen LogP contribution in [0.4, 0.5) is 38.1 Å². The molecule has 1 atom stereocenters. The SMILES string of the molecule is Cc1nnc(C(F)F)cc1NC(=O)N1C[C@@](C)(C(F)(F)F)c2c1cnc1cc(Cl)nn21. The maximum Gasteiger partial charge on any atom is 0.401 e. The molecule has 0 aromatic carbocycles. The number of hydrogen-bond donors (Lipinski definition) is 1. The molecule has 0 radical (unpaired) electrons. The molecule has 0 saturated heterocycles. The van der Waals surface area contributed by atoms with Gasteiger partial charge in [-0.2, -0.15) is 23.4 Å². The van der Waals surface area contributed by atoms with Crippen molar-refractivity contribution in [3.8, 4) is 0 Å². The number of nitrogens with one attached hydrogen (secondary N) is 1. The van der Waals surface area contributed by atoms with E-state index in [9.17, 15) is 26.7 Å². The Hall–Kier alpha value is -3.09. The Balaban J connectivity index is 1.79. The van der Waals surface area contributed by atoms with Crippen LogP contribution in [-0.2, 0) is 5.41 Å². The summed E-state index contributed by atoms with van der Waals surface area (Å²) in [5.41, 5.74) is -3.54. The number of anilines is 2. The molecule has 3 aromatic rings. The van der Waals surface area contributed by atoms with Crippen molar-refractivity contribution in [3.63, 3.8) is 0 Å². The standard InChI is InChI=1S/C17H13ClF5N7O/c1-7-8(3-9(14(19)20)27-26-7)25-15(31)29-6-16(2,17(21,22)23)13-10(29)5-24-12-4-11(18)28-30(12)13/h3-5,14H,6H2,1-2H3,(H,25,27,31)/t16-/m1/s1. The van der Waals surface area contributed by atoms with E-state index < -0.39 is 36.3 Å². The number of carbonyl (C=O) groups excluding carboxylic acids is 1. The summed E-state index contributed by atoms with van der Waals surface area (Å²) in [7, 11) is 0. The normalized spacial score (nSPS) is 18.7. The maximum atomic E-state index is 14.1. The van der Waals surface area contributed by atoms with Gasteiger partial charge in [0.1, 0.15) is 11.1 Å². The lowest BCUT2D eigenvalue weighted by molar-refractivity contribution is -0.181. The van der Waals surface area contributed by atoms with Gasteiger partial charge in [-0.15, -0.1) is 5.10 Å². The molecule has 8 nitrogen and oxygen atoms in total. The van der Waals surface area contributed by atoms with Crippen LogP contribution < -0.4 is 10.2 Å². The highest BCUT2D eigenvalue weighted by Crippen LogP contribution is 2.50. The number of nitrogens with zero attached hydrogens (tertiary/aromatic N) is 6. The van der Waals surface area contributed by atoms with E-state index in [1.165, 1.54) is 13.0 Å². The molecular weight excluding hydrogens is 449 g/mol. The summed E-state index contributed by atoms with van der Waals surface area (Å²) in [6.07, 6.45) is -6.58. The monoisotopic (exact) mass is 461 g/mol. The van der Waals surface area contributed by atoms with Crippen LogP contribution in [0.3, 0.4) is 0 Å². The first-order valence-corrected chi connectivity index (χ1v) is 9.12. The van der Waals surface area contributed by atoms with Gasteiger partial charge in [-0.1, -0.05) is 11.6 Å². The second kappa shape index (κ2) is 6.97. The molecule has 1 aliphatic rings. The molecular formula is C17H13ClF5N7O. The smallest absolute Gasteiger partial charge is 0.306 e. The molecule has 0 saturated carbocycles. The molecule has 164 valence electrons. The van der Waals surface area contributed by atoms with Crippen molar-refractivity contribution in [1.82, 2.24) is 24.8 Å². The van der Waals surface area contributed by atoms with Gasteiger partial charge >= 0.3 is 12.2 Å². The zero-order valence-electron chi connectivity index (χ0n) is 15.9. The van der Waals surface area contributed by atoms with Crippen molar-refractivity contribution < 1.29 is 26.7 Å². The van der Waals surface area contributed by atoms with Gasteiger partial charge in [-0.25, -0.2) is 23.1 Å². The molecule has 3 aromatic heterocycles. The van der Waals surface area contributed by atoms with E-state index in [2.05, 4.69) is 25.6 Å². The number of halogens is 6. The number of urea groups is 1. The maximum absolute atomic E-state index is 14.1. The fourth-order valence-corrected chi connectivity index (χ4v) is 3.55. The van der Waals surface area contributed by atoms with E-state index in [4.69, 9.17) is 11.6 Å². The Kier molecular flexibility index (Phi) is 4.76. The van der Waals surface area contributed by atoms with Crippen LogP contribution in [-0.4, -0.2) is 43.5 Å². The van der Waals surface area contributed by atoms with Crippen LogP contribution in [0.2, 0.25) is 5.15 Å². The number of rotatable bonds is 2.